The zero-order chi connectivity index (χ0) is 22.4. The quantitative estimate of drug-likeness (QED) is 0.486. The smallest absolute Gasteiger partial charge is 0.260 e. The lowest BCUT2D eigenvalue weighted by atomic mass is 10.1. The predicted molar refractivity (Wildman–Crippen MR) is 122 cm³/mol. The molecule has 0 radical (unpaired) electrons. The van der Waals surface area contributed by atoms with E-state index in [1.54, 1.807) is 19.1 Å². The molecule has 1 heterocycles. The van der Waals surface area contributed by atoms with Crippen molar-refractivity contribution in [2.75, 3.05) is 20.8 Å². The summed E-state index contributed by atoms with van der Waals surface area (Å²) in [5, 5.41) is 4.66. The van der Waals surface area contributed by atoms with Crippen LogP contribution < -0.4 is 9.47 Å². The zero-order valence-corrected chi connectivity index (χ0v) is 18.6. The fourth-order valence-electron chi connectivity index (χ4n) is 3.42. The molecule has 0 atom stereocenters. The average molecular weight is 420 g/mol. The molecule has 1 aromatic heterocycles. The maximum Gasteiger partial charge on any atom is 0.260 e. The third kappa shape index (κ3) is 5.15. The number of allylic oxidation sites excluding steroid dienone is 1. The fraction of sp³-hybridized carbons (Fsp3) is 0.280. The number of ether oxygens (including phenoxy) is 2. The molecule has 31 heavy (non-hydrogen) atoms. The maximum atomic E-state index is 12.7. The first-order valence-electron chi connectivity index (χ1n) is 10.2. The highest BCUT2D eigenvalue weighted by molar-refractivity contribution is 5.77. The normalized spacial score (nSPS) is 10.6. The molecule has 0 aliphatic heterocycles. The van der Waals surface area contributed by atoms with Gasteiger partial charge in [0.1, 0.15) is 0 Å². The van der Waals surface area contributed by atoms with Crippen molar-refractivity contribution in [3.8, 4) is 17.2 Å². The molecule has 0 fully saturated rings. The Kier molecular flexibility index (Phi) is 7.13. The van der Waals surface area contributed by atoms with Crippen molar-refractivity contribution < 1.29 is 14.3 Å². The first-order chi connectivity index (χ1) is 14.9. The molecule has 3 aromatic rings. The molecule has 0 spiro atoms. The van der Waals surface area contributed by atoms with E-state index in [0.29, 0.717) is 18.0 Å². The Morgan fingerprint density at radius 2 is 1.90 bits per heavy atom. The van der Waals surface area contributed by atoms with Gasteiger partial charge in [0, 0.05) is 24.8 Å². The van der Waals surface area contributed by atoms with Crippen LogP contribution in [0.25, 0.3) is 5.69 Å². The molecule has 0 aliphatic carbocycles. The number of aromatic nitrogens is 2. The van der Waals surface area contributed by atoms with Gasteiger partial charge in [-0.3, -0.25) is 4.79 Å². The van der Waals surface area contributed by atoms with Gasteiger partial charge in [0.25, 0.3) is 5.91 Å². The van der Waals surface area contributed by atoms with Crippen molar-refractivity contribution in [1.82, 2.24) is 14.7 Å². The summed E-state index contributed by atoms with van der Waals surface area (Å²) < 4.78 is 13.1. The van der Waals surface area contributed by atoms with E-state index in [4.69, 9.17) is 9.47 Å². The summed E-state index contributed by atoms with van der Waals surface area (Å²) >= 11 is 0. The van der Waals surface area contributed by atoms with Gasteiger partial charge in [-0.1, -0.05) is 30.3 Å². The molecule has 0 bridgehead atoms. The van der Waals surface area contributed by atoms with Crippen LogP contribution in [0.3, 0.4) is 0 Å². The van der Waals surface area contributed by atoms with Crippen LogP contribution in [0.15, 0.2) is 61.2 Å². The number of methoxy groups -OCH3 is 1. The maximum absolute atomic E-state index is 12.7. The Morgan fingerprint density at radius 3 is 2.58 bits per heavy atom. The van der Waals surface area contributed by atoms with E-state index in [-0.39, 0.29) is 12.5 Å². The number of likely N-dealkylation sites (N-methyl/N-ethyl adjacent to an activating group) is 1. The van der Waals surface area contributed by atoms with Crippen LogP contribution in [0.4, 0.5) is 0 Å². The second-order valence-corrected chi connectivity index (χ2v) is 7.41. The Morgan fingerprint density at radius 1 is 1.16 bits per heavy atom. The highest BCUT2D eigenvalue weighted by Crippen LogP contribution is 2.28. The van der Waals surface area contributed by atoms with E-state index < -0.39 is 0 Å². The van der Waals surface area contributed by atoms with Crippen LogP contribution in [-0.4, -0.2) is 41.4 Å². The van der Waals surface area contributed by atoms with Gasteiger partial charge in [-0.25, -0.2) is 4.68 Å². The Bertz CT molecular complexity index is 1060. The summed E-state index contributed by atoms with van der Waals surface area (Å²) in [6, 6.07) is 15.6. The SMILES string of the molecule is C=CCc1ccc(OCC(=O)N(C)Cc2c(C)nn(-c3ccccc3)c2C)c(OC)c1. The van der Waals surface area contributed by atoms with Crippen molar-refractivity contribution in [2.45, 2.75) is 26.8 Å². The van der Waals surface area contributed by atoms with Crippen LogP contribution in [0.2, 0.25) is 0 Å². The van der Waals surface area contributed by atoms with Crippen LogP contribution >= 0.6 is 0 Å². The molecule has 0 saturated heterocycles. The minimum absolute atomic E-state index is 0.0709. The van der Waals surface area contributed by atoms with Gasteiger partial charge in [0.2, 0.25) is 0 Å². The lowest BCUT2D eigenvalue weighted by Gasteiger charge is -2.19. The summed E-state index contributed by atoms with van der Waals surface area (Å²) in [6.07, 6.45) is 2.57. The van der Waals surface area contributed by atoms with E-state index >= 15 is 0 Å². The van der Waals surface area contributed by atoms with E-state index in [9.17, 15) is 4.79 Å². The van der Waals surface area contributed by atoms with Crippen molar-refractivity contribution in [3.63, 3.8) is 0 Å². The summed E-state index contributed by atoms with van der Waals surface area (Å²) in [5.74, 6) is 1.02. The van der Waals surface area contributed by atoms with Gasteiger partial charge in [-0.05, 0) is 50.1 Å². The Balaban J connectivity index is 1.67. The van der Waals surface area contributed by atoms with Gasteiger partial charge in [0.15, 0.2) is 18.1 Å². The molecular weight excluding hydrogens is 390 g/mol. The summed E-state index contributed by atoms with van der Waals surface area (Å²) in [7, 11) is 3.36. The third-order valence-corrected chi connectivity index (χ3v) is 5.22. The second kappa shape index (κ2) is 9.98. The fourth-order valence-corrected chi connectivity index (χ4v) is 3.42. The number of para-hydroxylation sites is 1. The van der Waals surface area contributed by atoms with Gasteiger partial charge >= 0.3 is 0 Å². The van der Waals surface area contributed by atoms with Crippen LogP contribution in [0.5, 0.6) is 11.5 Å². The molecule has 162 valence electrons. The minimum Gasteiger partial charge on any atom is -0.493 e. The lowest BCUT2D eigenvalue weighted by Crippen LogP contribution is -2.31. The Labute approximate surface area is 183 Å². The van der Waals surface area contributed by atoms with Gasteiger partial charge in [-0.2, -0.15) is 5.10 Å². The molecule has 0 saturated carbocycles. The van der Waals surface area contributed by atoms with Gasteiger partial charge < -0.3 is 14.4 Å². The van der Waals surface area contributed by atoms with Crippen LogP contribution in [0, 0.1) is 13.8 Å². The van der Waals surface area contributed by atoms with Gasteiger partial charge in [0.05, 0.1) is 18.5 Å². The standard InChI is InChI=1S/C25H29N3O3/c1-6-10-20-13-14-23(24(15-20)30-5)31-17-25(29)27(4)16-22-18(2)26-28(19(22)3)21-11-8-7-9-12-21/h6-9,11-15H,1,10,16-17H2,2-5H3. The van der Waals surface area contributed by atoms with E-state index in [0.717, 1.165) is 34.6 Å². The van der Waals surface area contributed by atoms with Crippen molar-refractivity contribution in [3.05, 3.63) is 83.7 Å². The van der Waals surface area contributed by atoms with Crippen LogP contribution in [-0.2, 0) is 17.8 Å². The molecule has 3 rings (SSSR count). The summed E-state index contributed by atoms with van der Waals surface area (Å²) in [6.45, 7) is 8.12. The molecule has 6 heteroatoms. The molecule has 0 N–H and O–H groups in total. The van der Waals surface area contributed by atoms with E-state index in [2.05, 4.69) is 11.7 Å². The number of rotatable bonds is 9. The number of carbonyl (C=O) groups is 1. The molecule has 2 aromatic carbocycles. The molecular formula is C25H29N3O3. The number of carbonyl (C=O) groups excluding carboxylic acids is 1. The highest BCUT2D eigenvalue weighted by Gasteiger charge is 2.18. The van der Waals surface area contributed by atoms with Crippen molar-refractivity contribution >= 4 is 5.91 Å². The number of nitrogens with zero attached hydrogens (tertiary/aromatic N) is 3. The lowest BCUT2D eigenvalue weighted by molar-refractivity contribution is -0.132. The largest absolute Gasteiger partial charge is 0.493 e. The first kappa shape index (κ1) is 22.2. The minimum atomic E-state index is -0.122. The molecule has 0 aliphatic rings. The summed E-state index contributed by atoms with van der Waals surface area (Å²) in [4.78, 5) is 14.4. The summed E-state index contributed by atoms with van der Waals surface area (Å²) in [5.41, 5.74) is 5.03. The second-order valence-electron chi connectivity index (χ2n) is 7.41. The topological polar surface area (TPSA) is 56.6 Å². The average Bonchev–Trinajstić information content (AvgIpc) is 3.06. The predicted octanol–water partition coefficient (Wildman–Crippen LogP) is 4.26. The first-order valence-corrected chi connectivity index (χ1v) is 10.2. The number of amides is 1. The number of hydrogen-bond acceptors (Lipinski definition) is 4. The van der Waals surface area contributed by atoms with Crippen molar-refractivity contribution in [2.24, 2.45) is 0 Å². The molecule has 1 amide bonds. The Hall–Kier alpha value is -3.54. The third-order valence-electron chi connectivity index (χ3n) is 5.22. The van der Waals surface area contributed by atoms with Crippen LogP contribution in [0.1, 0.15) is 22.5 Å². The molecule has 6 nitrogen and oxygen atoms in total. The van der Waals surface area contributed by atoms with E-state index in [1.165, 1.54) is 0 Å². The number of aryl methyl sites for hydroxylation is 1. The monoisotopic (exact) mass is 419 g/mol. The molecule has 0 unspecified atom stereocenters. The van der Waals surface area contributed by atoms with E-state index in [1.807, 2.05) is 73.1 Å². The number of benzene rings is 2. The van der Waals surface area contributed by atoms with Gasteiger partial charge in [-0.15, -0.1) is 6.58 Å². The number of hydrogen-bond donors (Lipinski definition) is 0. The van der Waals surface area contributed by atoms with Crippen molar-refractivity contribution in [1.29, 1.82) is 0 Å². The zero-order valence-electron chi connectivity index (χ0n) is 18.6. The highest BCUT2D eigenvalue weighted by atomic mass is 16.5.